The smallest absolute Gasteiger partial charge is 0.364 e. The average molecular weight is 345 g/mol. The summed E-state index contributed by atoms with van der Waals surface area (Å²) in [5.41, 5.74) is -0.455. The molecule has 0 fully saturated rings. The SMILES string of the molecule is C[C@@H](Nc1cccc(C(F)(F)F)n1)c1cccc(S(N)(=O)=O)c1. The number of benzene rings is 1. The zero-order chi connectivity index (χ0) is 17.3. The van der Waals surface area contributed by atoms with Gasteiger partial charge in [0.25, 0.3) is 0 Å². The minimum atomic E-state index is -4.53. The summed E-state index contributed by atoms with van der Waals surface area (Å²) >= 11 is 0. The lowest BCUT2D eigenvalue weighted by Crippen LogP contribution is -2.14. The highest BCUT2D eigenvalue weighted by Crippen LogP contribution is 2.29. The first-order chi connectivity index (χ1) is 10.6. The molecule has 0 saturated carbocycles. The van der Waals surface area contributed by atoms with Crippen LogP contribution in [0.3, 0.4) is 0 Å². The third kappa shape index (κ3) is 4.42. The highest BCUT2D eigenvalue weighted by Gasteiger charge is 2.32. The molecule has 0 spiro atoms. The first-order valence-corrected chi connectivity index (χ1v) is 8.05. The van der Waals surface area contributed by atoms with Crippen molar-refractivity contribution in [2.24, 2.45) is 5.14 Å². The van der Waals surface area contributed by atoms with Crippen LogP contribution >= 0.6 is 0 Å². The molecule has 1 heterocycles. The van der Waals surface area contributed by atoms with Crippen LogP contribution in [0.5, 0.6) is 0 Å². The normalized spacial score (nSPS) is 13.6. The van der Waals surface area contributed by atoms with Crippen LogP contribution < -0.4 is 10.5 Å². The van der Waals surface area contributed by atoms with Gasteiger partial charge in [-0.15, -0.1) is 0 Å². The minimum Gasteiger partial charge on any atom is -0.364 e. The summed E-state index contributed by atoms with van der Waals surface area (Å²) in [6, 6.07) is 8.90. The van der Waals surface area contributed by atoms with Gasteiger partial charge in [0.2, 0.25) is 10.0 Å². The van der Waals surface area contributed by atoms with E-state index in [2.05, 4.69) is 10.3 Å². The van der Waals surface area contributed by atoms with Gasteiger partial charge in [0.1, 0.15) is 11.5 Å². The molecule has 0 radical (unpaired) electrons. The molecule has 2 rings (SSSR count). The molecule has 124 valence electrons. The molecular formula is C14H14F3N3O2S. The van der Waals surface area contributed by atoms with Crippen molar-refractivity contribution < 1.29 is 21.6 Å². The molecule has 0 saturated heterocycles. The molecule has 1 aromatic heterocycles. The zero-order valence-corrected chi connectivity index (χ0v) is 12.8. The molecule has 2 aromatic rings. The Hall–Kier alpha value is -2.13. The Bertz CT molecular complexity index is 807. The van der Waals surface area contributed by atoms with Gasteiger partial charge in [-0.2, -0.15) is 13.2 Å². The zero-order valence-electron chi connectivity index (χ0n) is 12.0. The van der Waals surface area contributed by atoms with Gasteiger partial charge in [-0.25, -0.2) is 18.5 Å². The summed E-state index contributed by atoms with van der Waals surface area (Å²) in [6.45, 7) is 1.67. The van der Waals surface area contributed by atoms with Crippen molar-refractivity contribution in [1.29, 1.82) is 0 Å². The second-order valence-electron chi connectivity index (χ2n) is 4.89. The number of alkyl halides is 3. The average Bonchev–Trinajstić information content (AvgIpc) is 2.46. The second kappa shape index (κ2) is 6.17. The maximum atomic E-state index is 12.6. The Labute approximate surface area is 131 Å². The fraction of sp³-hybridized carbons (Fsp3) is 0.214. The van der Waals surface area contributed by atoms with Crippen LogP contribution in [-0.4, -0.2) is 13.4 Å². The number of halogens is 3. The third-order valence-corrected chi connectivity index (χ3v) is 4.00. The fourth-order valence-corrected chi connectivity index (χ4v) is 2.51. The van der Waals surface area contributed by atoms with Gasteiger partial charge in [0.15, 0.2) is 0 Å². The Morgan fingerprint density at radius 1 is 1.17 bits per heavy atom. The predicted octanol–water partition coefficient (Wildman–Crippen LogP) is 2.92. The highest BCUT2D eigenvalue weighted by molar-refractivity contribution is 7.89. The molecule has 0 bridgehead atoms. The molecule has 5 nitrogen and oxygen atoms in total. The topological polar surface area (TPSA) is 85.1 Å². The summed E-state index contributed by atoms with van der Waals surface area (Å²) in [5, 5.41) is 7.86. The molecule has 3 N–H and O–H groups in total. The summed E-state index contributed by atoms with van der Waals surface area (Å²) < 4.78 is 60.6. The van der Waals surface area contributed by atoms with Crippen molar-refractivity contribution >= 4 is 15.8 Å². The van der Waals surface area contributed by atoms with Crippen LogP contribution in [0.4, 0.5) is 19.0 Å². The van der Waals surface area contributed by atoms with Gasteiger partial charge in [-0.1, -0.05) is 18.2 Å². The van der Waals surface area contributed by atoms with Gasteiger partial charge in [-0.3, -0.25) is 0 Å². The molecule has 0 aliphatic rings. The molecule has 0 unspecified atom stereocenters. The predicted molar refractivity (Wildman–Crippen MR) is 79.1 cm³/mol. The summed E-state index contributed by atoms with van der Waals surface area (Å²) in [4.78, 5) is 3.43. The minimum absolute atomic E-state index is 0.0355. The number of hydrogen-bond donors (Lipinski definition) is 2. The van der Waals surface area contributed by atoms with Crippen molar-refractivity contribution in [3.05, 3.63) is 53.7 Å². The standard InChI is InChI=1S/C14H14F3N3O2S/c1-9(10-4-2-5-11(8-10)23(18,21)22)19-13-7-3-6-12(20-13)14(15,16)17/h2-9H,1H3,(H,19,20)(H2,18,21,22)/t9-/m1/s1. The molecule has 9 heteroatoms. The first-order valence-electron chi connectivity index (χ1n) is 6.51. The monoisotopic (exact) mass is 345 g/mol. The van der Waals surface area contributed by atoms with Crippen LogP contribution in [0.15, 0.2) is 47.4 Å². The summed E-state index contributed by atoms with van der Waals surface area (Å²) in [5.74, 6) is 0.0355. The number of aromatic nitrogens is 1. The van der Waals surface area contributed by atoms with E-state index in [4.69, 9.17) is 5.14 Å². The Morgan fingerprint density at radius 2 is 1.83 bits per heavy atom. The number of nitrogens with one attached hydrogen (secondary N) is 1. The molecule has 23 heavy (non-hydrogen) atoms. The van der Waals surface area contributed by atoms with Gasteiger partial charge >= 0.3 is 6.18 Å². The summed E-state index contributed by atoms with van der Waals surface area (Å²) in [7, 11) is -3.85. The van der Waals surface area contributed by atoms with E-state index in [0.717, 1.165) is 6.07 Å². The van der Waals surface area contributed by atoms with Gasteiger partial charge in [0, 0.05) is 6.04 Å². The van der Waals surface area contributed by atoms with Crippen molar-refractivity contribution in [3.63, 3.8) is 0 Å². The van der Waals surface area contributed by atoms with E-state index in [1.54, 1.807) is 13.0 Å². The Kier molecular flexibility index (Phi) is 4.62. The van der Waals surface area contributed by atoms with E-state index in [0.29, 0.717) is 5.56 Å². The van der Waals surface area contributed by atoms with Gasteiger partial charge in [-0.05, 0) is 36.8 Å². The highest BCUT2D eigenvalue weighted by atomic mass is 32.2. The van der Waals surface area contributed by atoms with Gasteiger partial charge < -0.3 is 5.32 Å². The molecule has 0 amide bonds. The Morgan fingerprint density at radius 3 is 2.43 bits per heavy atom. The molecule has 1 atom stereocenters. The van der Waals surface area contributed by atoms with E-state index in [-0.39, 0.29) is 10.7 Å². The lowest BCUT2D eigenvalue weighted by molar-refractivity contribution is -0.141. The Balaban J connectivity index is 2.25. The molecule has 1 aromatic carbocycles. The number of anilines is 1. The second-order valence-corrected chi connectivity index (χ2v) is 6.45. The fourth-order valence-electron chi connectivity index (χ4n) is 1.94. The quantitative estimate of drug-likeness (QED) is 0.892. The van der Waals surface area contributed by atoms with Crippen LogP contribution in [0.25, 0.3) is 0 Å². The van der Waals surface area contributed by atoms with E-state index in [9.17, 15) is 21.6 Å². The van der Waals surface area contributed by atoms with Crippen molar-refractivity contribution in [2.45, 2.75) is 24.0 Å². The van der Waals surface area contributed by atoms with Crippen molar-refractivity contribution in [1.82, 2.24) is 4.98 Å². The lowest BCUT2D eigenvalue weighted by Gasteiger charge is -2.16. The molecular weight excluding hydrogens is 331 g/mol. The van der Waals surface area contributed by atoms with Crippen molar-refractivity contribution in [3.8, 4) is 0 Å². The van der Waals surface area contributed by atoms with E-state index in [1.807, 2.05) is 0 Å². The van der Waals surface area contributed by atoms with E-state index < -0.39 is 27.9 Å². The largest absolute Gasteiger partial charge is 0.433 e. The third-order valence-electron chi connectivity index (χ3n) is 3.09. The number of hydrogen-bond acceptors (Lipinski definition) is 4. The van der Waals surface area contributed by atoms with Gasteiger partial charge in [0.05, 0.1) is 4.90 Å². The van der Waals surface area contributed by atoms with E-state index in [1.165, 1.54) is 30.3 Å². The van der Waals surface area contributed by atoms with Crippen LogP contribution in [0, 0.1) is 0 Å². The number of primary sulfonamides is 1. The first kappa shape index (κ1) is 17.2. The number of nitrogens with two attached hydrogens (primary N) is 1. The molecule has 0 aliphatic carbocycles. The number of pyridine rings is 1. The maximum Gasteiger partial charge on any atom is 0.433 e. The van der Waals surface area contributed by atoms with Crippen LogP contribution in [0.1, 0.15) is 24.2 Å². The summed E-state index contributed by atoms with van der Waals surface area (Å²) in [6.07, 6.45) is -4.53. The number of nitrogens with zero attached hydrogens (tertiary/aromatic N) is 1. The lowest BCUT2D eigenvalue weighted by atomic mass is 10.1. The number of rotatable bonds is 4. The van der Waals surface area contributed by atoms with Crippen LogP contribution in [-0.2, 0) is 16.2 Å². The molecule has 0 aliphatic heterocycles. The maximum absolute atomic E-state index is 12.6. The number of sulfonamides is 1. The van der Waals surface area contributed by atoms with E-state index >= 15 is 0 Å². The van der Waals surface area contributed by atoms with Crippen molar-refractivity contribution in [2.75, 3.05) is 5.32 Å². The van der Waals surface area contributed by atoms with Crippen LogP contribution in [0.2, 0.25) is 0 Å².